The first-order chi connectivity index (χ1) is 7.74. The molecule has 0 aliphatic carbocycles. The molecule has 0 spiro atoms. The van der Waals surface area contributed by atoms with E-state index in [-0.39, 0.29) is 5.91 Å². The maximum absolute atomic E-state index is 11.3. The van der Waals surface area contributed by atoms with E-state index in [0.29, 0.717) is 6.42 Å². The third-order valence-corrected chi connectivity index (χ3v) is 2.30. The molecular weight excluding hydrogens is 200 g/mol. The normalized spacial score (nSPS) is 11.2. The molecule has 0 bridgehead atoms. The number of nitrogens with zero attached hydrogens (tertiary/aromatic N) is 1. The molecule has 0 saturated carbocycles. The standard InChI is InChI=1S/C13H18N2O/c1-3-4-10-13(16)15-14-11(2)12-8-6-5-7-9-12/h5-9H,3-4,10H2,1-2H3,(H,15,16)/b14-11+. The van der Waals surface area contributed by atoms with Crippen LogP contribution in [0.1, 0.15) is 38.7 Å². The number of unbranched alkanes of at least 4 members (excludes halogenated alkanes) is 1. The number of carbonyl (C=O) groups is 1. The molecule has 0 heterocycles. The summed E-state index contributed by atoms with van der Waals surface area (Å²) in [5, 5.41) is 4.06. The predicted octanol–water partition coefficient (Wildman–Crippen LogP) is 2.72. The van der Waals surface area contributed by atoms with Gasteiger partial charge in [0, 0.05) is 6.42 Å². The molecule has 0 saturated heterocycles. The van der Waals surface area contributed by atoms with Crippen molar-refractivity contribution in [1.82, 2.24) is 5.43 Å². The highest BCUT2D eigenvalue weighted by Gasteiger charge is 1.99. The van der Waals surface area contributed by atoms with Gasteiger partial charge in [-0.1, -0.05) is 43.7 Å². The molecule has 3 nitrogen and oxygen atoms in total. The first-order valence-electron chi connectivity index (χ1n) is 5.62. The van der Waals surface area contributed by atoms with Crippen molar-refractivity contribution in [3.05, 3.63) is 35.9 Å². The molecule has 0 atom stereocenters. The molecule has 1 amide bonds. The van der Waals surface area contributed by atoms with E-state index in [1.807, 2.05) is 37.3 Å². The fourth-order valence-corrected chi connectivity index (χ4v) is 1.28. The van der Waals surface area contributed by atoms with Crippen molar-refractivity contribution in [2.45, 2.75) is 33.1 Å². The Hall–Kier alpha value is -1.64. The van der Waals surface area contributed by atoms with E-state index in [4.69, 9.17) is 0 Å². The fourth-order valence-electron chi connectivity index (χ4n) is 1.28. The minimum absolute atomic E-state index is 0.0165. The highest BCUT2D eigenvalue weighted by atomic mass is 16.2. The lowest BCUT2D eigenvalue weighted by molar-refractivity contribution is -0.121. The minimum Gasteiger partial charge on any atom is -0.273 e. The largest absolute Gasteiger partial charge is 0.273 e. The van der Waals surface area contributed by atoms with Crippen LogP contribution in [0.15, 0.2) is 35.4 Å². The van der Waals surface area contributed by atoms with Gasteiger partial charge in [0.2, 0.25) is 5.91 Å². The lowest BCUT2D eigenvalue weighted by Crippen LogP contribution is -2.18. The van der Waals surface area contributed by atoms with Crippen LogP contribution in [0.5, 0.6) is 0 Å². The third kappa shape index (κ3) is 4.26. The van der Waals surface area contributed by atoms with E-state index in [9.17, 15) is 4.79 Å². The lowest BCUT2D eigenvalue weighted by atomic mass is 10.1. The summed E-state index contributed by atoms with van der Waals surface area (Å²) < 4.78 is 0. The van der Waals surface area contributed by atoms with Crippen molar-refractivity contribution in [3.63, 3.8) is 0 Å². The first-order valence-corrected chi connectivity index (χ1v) is 5.62. The second-order valence-corrected chi connectivity index (χ2v) is 3.70. The molecule has 3 heteroatoms. The maximum Gasteiger partial charge on any atom is 0.240 e. The zero-order valence-electron chi connectivity index (χ0n) is 9.86. The van der Waals surface area contributed by atoms with Crippen molar-refractivity contribution in [3.8, 4) is 0 Å². The SMILES string of the molecule is CCCCC(=O)N/N=C(\C)c1ccccc1. The van der Waals surface area contributed by atoms with Crippen molar-refractivity contribution in [2.75, 3.05) is 0 Å². The van der Waals surface area contributed by atoms with Gasteiger partial charge in [0.25, 0.3) is 0 Å². The van der Waals surface area contributed by atoms with Gasteiger partial charge in [-0.15, -0.1) is 0 Å². The summed E-state index contributed by atoms with van der Waals surface area (Å²) in [6.07, 6.45) is 2.47. The van der Waals surface area contributed by atoms with Crippen molar-refractivity contribution < 1.29 is 4.79 Å². The molecule has 16 heavy (non-hydrogen) atoms. The van der Waals surface area contributed by atoms with Gasteiger partial charge in [-0.3, -0.25) is 4.79 Å². The summed E-state index contributed by atoms with van der Waals surface area (Å²) >= 11 is 0. The van der Waals surface area contributed by atoms with Crippen LogP contribution in [0.4, 0.5) is 0 Å². The molecule has 0 unspecified atom stereocenters. The van der Waals surface area contributed by atoms with Crippen molar-refractivity contribution in [2.24, 2.45) is 5.10 Å². The Morgan fingerprint density at radius 3 is 2.62 bits per heavy atom. The molecule has 86 valence electrons. The average Bonchev–Trinajstić information content (AvgIpc) is 2.34. The molecule has 1 N–H and O–H groups in total. The first kappa shape index (κ1) is 12.4. The van der Waals surface area contributed by atoms with Gasteiger partial charge < -0.3 is 0 Å². The van der Waals surface area contributed by atoms with E-state index in [2.05, 4.69) is 17.5 Å². The van der Waals surface area contributed by atoms with E-state index < -0.39 is 0 Å². The monoisotopic (exact) mass is 218 g/mol. The van der Waals surface area contributed by atoms with Crippen LogP contribution in [0, 0.1) is 0 Å². The Labute approximate surface area is 96.6 Å². The predicted molar refractivity (Wildman–Crippen MR) is 66.3 cm³/mol. The molecule has 1 rings (SSSR count). The van der Waals surface area contributed by atoms with Gasteiger partial charge >= 0.3 is 0 Å². The van der Waals surface area contributed by atoms with Crippen LogP contribution in [0.3, 0.4) is 0 Å². The topological polar surface area (TPSA) is 41.5 Å². The molecule has 1 aromatic rings. The minimum atomic E-state index is -0.0165. The highest BCUT2D eigenvalue weighted by Crippen LogP contribution is 2.00. The number of amides is 1. The molecule has 0 aromatic heterocycles. The molecule has 0 radical (unpaired) electrons. The summed E-state index contributed by atoms with van der Waals surface area (Å²) in [7, 11) is 0. The molecule has 0 aliphatic heterocycles. The van der Waals surface area contributed by atoms with Gasteiger partial charge in [0.1, 0.15) is 0 Å². The molecular formula is C13H18N2O. The number of carbonyl (C=O) groups excluding carboxylic acids is 1. The van der Waals surface area contributed by atoms with Crippen LogP contribution >= 0.6 is 0 Å². The third-order valence-electron chi connectivity index (χ3n) is 2.30. The fraction of sp³-hybridized carbons (Fsp3) is 0.385. The second-order valence-electron chi connectivity index (χ2n) is 3.70. The van der Waals surface area contributed by atoms with E-state index in [0.717, 1.165) is 24.1 Å². The highest BCUT2D eigenvalue weighted by molar-refractivity contribution is 5.99. The van der Waals surface area contributed by atoms with Crippen molar-refractivity contribution >= 4 is 11.6 Å². The Morgan fingerprint density at radius 1 is 1.31 bits per heavy atom. The number of rotatable bonds is 5. The van der Waals surface area contributed by atoms with Crippen LogP contribution in [0.25, 0.3) is 0 Å². The smallest absolute Gasteiger partial charge is 0.240 e. The summed E-state index contributed by atoms with van der Waals surface area (Å²) in [6.45, 7) is 3.95. The van der Waals surface area contributed by atoms with Gasteiger partial charge in [-0.05, 0) is 18.9 Å². The van der Waals surface area contributed by atoms with Crippen LogP contribution in [0.2, 0.25) is 0 Å². The van der Waals surface area contributed by atoms with Crippen LogP contribution < -0.4 is 5.43 Å². The van der Waals surface area contributed by atoms with Gasteiger partial charge in [0.15, 0.2) is 0 Å². The quantitative estimate of drug-likeness (QED) is 0.599. The second kappa shape index (κ2) is 6.77. The van der Waals surface area contributed by atoms with Gasteiger partial charge in [-0.2, -0.15) is 5.10 Å². The summed E-state index contributed by atoms with van der Waals surface area (Å²) in [5.41, 5.74) is 4.42. The Kier molecular flexibility index (Phi) is 5.26. The summed E-state index contributed by atoms with van der Waals surface area (Å²) in [5.74, 6) is -0.0165. The number of benzene rings is 1. The van der Waals surface area contributed by atoms with E-state index in [1.165, 1.54) is 0 Å². The Morgan fingerprint density at radius 2 is 2.00 bits per heavy atom. The summed E-state index contributed by atoms with van der Waals surface area (Å²) in [4.78, 5) is 11.3. The van der Waals surface area contributed by atoms with E-state index in [1.54, 1.807) is 0 Å². The zero-order chi connectivity index (χ0) is 11.8. The number of nitrogens with one attached hydrogen (secondary N) is 1. The number of hydrazone groups is 1. The van der Waals surface area contributed by atoms with Crippen LogP contribution in [-0.2, 0) is 4.79 Å². The van der Waals surface area contributed by atoms with Crippen molar-refractivity contribution in [1.29, 1.82) is 0 Å². The molecule has 0 fully saturated rings. The zero-order valence-corrected chi connectivity index (χ0v) is 9.86. The average molecular weight is 218 g/mol. The van der Waals surface area contributed by atoms with E-state index >= 15 is 0 Å². The summed E-state index contributed by atoms with van der Waals surface area (Å²) in [6, 6.07) is 9.80. The maximum atomic E-state index is 11.3. The molecule has 1 aromatic carbocycles. The van der Waals surface area contributed by atoms with Crippen LogP contribution in [-0.4, -0.2) is 11.6 Å². The number of hydrogen-bond acceptors (Lipinski definition) is 2. The van der Waals surface area contributed by atoms with Gasteiger partial charge in [-0.25, -0.2) is 5.43 Å². The number of hydrogen-bond donors (Lipinski definition) is 1. The Bertz CT molecular complexity index is 357. The lowest BCUT2D eigenvalue weighted by Gasteiger charge is -2.02. The molecule has 0 aliphatic rings. The van der Waals surface area contributed by atoms with Gasteiger partial charge in [0.05, 0.1) is 5.71 Å². The Balaban J connectivity index is 2.48.